The molecule has 102 valence electrons. The van der Waals surface area contributed by atoms with Gasteiger partial charge in [-0.25, -0.2) is 9.37 Å². The summed E-state index contributed by atoms with van der Waals surface area (Å²) in [5, 5.41) is 0. The fourth-order valence-corrected chi connectivity index (χ4v) is 2.87. The zero-order valence-electron chi connectivity index (χ0n) is 10.6. The van der Waals surface area contributed by atoms with Crippen molar-refractivity contribution in [3.05, 3.63) is 29.8 Å². The van der Waals surface area contributed by atoms with Gasteiger partial charge in [-0.3, -0.25) is 0 Å². The molecule has 2 aromatic rings. The number of alkyl halides is 1. The van der Waals surface area contributed by atoms with Crippen molar-refractivity contribution < 1.29 is 9.13 Å². The second kappa shape index (κ2) is 5.47. The molecule has 3 nitrogen and oxygen atoms in total. The number of hydrogen-bond donors (Lipinski definition) is 0. The zero-order chi connectivity index (χ0) is 13.2. The maximum Gasteiger partial charge on any atom is 0.125 e. The lowest BCUT2D eigenvalue weighted by Gasteiger charge is -2.23. The lowest BCUT2D eigenvalue weighted by molar-refractivity contribution is 0.0485. The molecule has 1 fully saturated rings. The number of rotatable bonds is 3. The Morgan fingerprint density at radius 3 is 3.11 bits per heavy atom. The van der Waals surface area contributed by atoms with E-state index >= 15 is 0 Å². The smallest absolute Gasteiger partial charge is 0.125 e. The molecule has 2 heterocycles. The molecule has 1 saturated heterocycles. The Balaban J connectivity index is 1.97. The van der Waals surface area contributed by atoms with Gasteiger partial charge in [-0.15, -0.1) is 11.6 Å². The van der Waals surface area contributed by atoms with Gasteiger partial charge in [0.05, 0.1) is 23.5 Å². The highest BCUT2D eigenvalue weighted by atomic mass is 35.5. The molecule has 0 N–H and O–H groups in total. The molecule has 1 unspecified atom stereocenters. The van der Waals surface area contributed by atoms with Crippen molar-refractivity contribution in [1.29, 1.82) is 0 Å². The van der Waals surface area contributed by atoms with Crippen molar-refractivity contribution in [2.45, 2.75) is 25.3 Å². The highest BCUT2D eigenvalue weighted by molar-refractivity contribution is 6.16. The molecular weight excluding hydrogens is 267 g/mol. The number of halogens is 2. The van der Waals surface area contributed by atoms with Crippen molar-refractivity contribution in [3.63, 3.8) is 0 Å². The first-order valence-electron chi connectivity index (χ1n) is 6.56. The second-order valence-electron chi connectivity index (χ2n) is 4.99. The molecule has 1 aliphatic rings. The van der Waals surface area contributed by atoms with Gasteiger partial charge in [0.15, 0.2) is 0 Å². The predicted octanol–water partition coefficient (Wildman–Crippen LogP) is 3.34. The topological polar surface area (TPSA) is 27.1 Å². The summed E-state index contributed by atoms with van der Waals surface area (Å²) in [5.41, 5.74) is 1.62. The van der Waals surface area contributed by atoms with E-state index in [1.165, 1.54) is 12.1 Å². The number of aromatic nitrogens is 2. The van der Waals surface area contributed by atoms with E-state index in [1.807, 2.05) is 4.57 Å². The number of nitrogens with zero attached hydrogens (tertiary/aromatic N) is 2. The fourth-order valence-electron chi connectivity index (χ4n) is 2.66. The van der Waals surface area contributed by atoms with E-state index in [0.717, 1.165) is 49.5 Å². The van der Waals surface area contributed by atoms with Gasteiger partial charge in [-0.2, -0.15) is 0 Å². The van der Waals surface area contributed by atoms with Crippen LogP contribution in [0.4, 0.5) is 4.39 Å². The first kappa shape index (κ1) is 12.9. The molecule has 19 heavy (non-hydrogen) atoms. The van der Waals surface area contributed by atoms with E-state index < -0.39 is 0 Å². The predicted molar refractivity (Wildman–Crippen MR) is 72.8 cm³/mol. The second-order valence-corrected chi connectivity index (χ2v) is 5.26. The van der Waals surface area contributed by atoms with Crippen LogP contribution in [0.5, 0.6) is 0 Å². The molecule has 1 atom stereocenters. The monoisotopic (exact) mass is 282 g/mol. The van der Waals surface area contributed by atoms with Crippen LogP contribution in [-0.2, 0) is 17.2 Å². The summed E-state index contributed by atoms with van der Waals surface area (Å²) in [7, 11) is 0. The summed E-state index contributed by atoms with van der Waals surface area (Å²) in [6.07, 6.45) is 2.22. The number of ether oxygens (including phenoxy) is 1. The highest BCUT2D eigenvalue weighted by Crippen LogP contribution is 2.23. The van der Waals surface area contributed by atoms with Crippen LogP contribution in [0.15, 0.2) is 18.2 Å². The Labute approximate surface area is 116 Å². The standard InChI is InChI=1S/C14H16ClFN2O/c15-7-14-17-12-4-3-11(16)6-13(12)18(14)8-10-2-1-5-19-9-10/h3-4,6,10H,1-2,5,7-9H2. The van der Waals surface area contributed by atoms with Gasteiger partial charge >= 0.3 is 0 Å². The van der Waals surface area contributed by atoms with Crippen LogP contribution < -0.4 is 0 Å². The van der Waals surface area contributed by atoms with Crippen LogP contribution in [0.25, 0.3) is 11.0 Å². The third-order valence-corrected chi connectivity index (χ3v) is 3.84. The van der Waals surface area contributed by atoms with E-state index in [9.17, 15) is 4.39 Å². The van der Waals surface area contributed by atoms with Gasteiger partial charge in [0.25, 0.3) is 0 Å². The van der Waals surface area contributed by atoms with Gasteiger partial charge in [0.2, 0.25) is 0 Å². The largest absolute Gasteiger partial charge is 0.381 e. The van der Waals surface area contributed by atoms with Crippen molar-refractivity contribution in [3.8, 4) is 0 Å². The lowest BCUT2D eigenvalue weighted by Crippen LogP contribution is -2.22. The molecule has 1 aliphatic heterocycles. The lowest BCUT2D eigenvalue weighted by atomic mass is 10.0. The fraction of sp³-hybridized carbons (Fsp3) is 0.500. The van der Waals surface area contributed by atoms with Crippen molar-refractivity contribution >= 4 is 22.6 Å². The van der Waals surface area contributed by atoms with Gasteiger partial charge in [0.1, 0.15) is 11.6 Å². The Kier molecular flexibility index (Phi) is 3.71. The number of benzene rings is 1. The Bertz CT molecular complexity index is 578. The van der Waals surface area contributed by atoms with Crippen LogP contribution in [0.3, 0.4) is 0 Å². The normalized spacial score (nSPS) is 20.0. The quantitative estimate of drug-likeness (QED) is 0.808. The zero-order valence-corrected chi connectivity index (χ0v) is 11.4. The van der Waals surface area contributed by atoms with Gasteiger partial charge < -0.3 is 9.30 Å². The molecule has 0 saturated carbocycles. The summed E-state index contributed by atoms with van der Waals surface area (Å²) in [5.74, 6) is 1.35. The van der Waals surface area contributed by atoms with E-state index in [-0.39, 0.29) is 5.82 Å². The van der Waals surface area contributed by atoms with E-state index in [0.29, 0.717) is 11.8 Å². The number of imidazole rings is 1. The van der Waals surface area contributed by atoms with Crippen molar-refractivity contribution in [2.24, 2.45) is 5.92 Å². The Morgan fingerprint density at radius 2 is 2.37 bits per heavy atom. The number of hydrogen-bond acceptors (Lipinski definition) is 2. The summed E-state index contributed by atoms with van der Waals surface area (Å²) in [6.45, 7) is 2.40. The SMILES string of the molecule is Fc1ccc2nc(CCl)n(CC3CCCOC3)c2c1. The molecule has 0 aliphatic carbocycles. The average Bonchev–Trinajstić information content (AvgIpc) is 2.78. The first-order chi connectivity index (χ1) is 9.28. The molecular formula is C14H16ClFN2O. The molecule has 5 heteroatoms. The first-order valence-corrected chi connectivity index (χ1v) is 7.10. The summed E-state index contributed by atoms with van der Waals surface area (Å²) < 4.78 is 20.9. The van der Waals surface area contributed by atoms with Crippen molar-refractivity contribution in [1.82, 2.24) is 9.55 Å². The maximum atomic E-state index is 13.4. The Morgan fingerprint density at radius 1 is 1.47 bits per heavy atom. The molecule has 1 aromatic carbocycles. The maximum absolute atomic E-state index is 13.4. The van der Waals surface area contributed by atoms with Crippen molar-refractivity contribution in [2.75, 3.05) is 13.2 Å². The average molecular weight is 283 g/mol. The van der Waals surface area contributed by atoms with E-state index in [2.05, 4.69) is 4.98 Å². The van der Waals surface area contributed by atoms with Gasteiger partial charge in [0, 0.05) is 19.1 Å². The third-order valence-electron chi connectivity index (χ3n) is 3.60. The summed E-state index contributed by atoms with van der Waals surface area (Å²) in [6, 6.07) is 4.66. The van der Waals surface area contributed by atoms with Crippen LogP contribution in [0.1, 0.15) is 18.7 Å². The van der Waals surface area contributed by atoms with E-state index in [4.69, 9.17) is 16.3 Å². The molecule has 3 rings (SSSR count). The van der Waals surface area contributed by atoms with E-state index in [1.54, 1.807) is 6.07 Å². The number of fused-ring (bicyclic) bond motifs is 1. The summed E-state index contributed by atoms with van der Waals surface area (Å²) >= 11 is 5.95. The van der Waals surface area contributed by atoms with Crippen LogP contribution in [0, 0.1) is 11.7 Å². The third kappa shape index (κ3) is 2.60. The van der Waals surface area contributed by atoms with Crippen LogP contribution >= 0.6 is 11.6 Å². The molecule has 1 aromatic heterocycles. The molecule has 0 spiro atoms. The summed E-state index contributed by atoms with van der Waals surface area (Å²) in [4.78, 5) is 4.46. The minimum Gasteiger partial charge on any atom is -0.381 e. The van der Waals surface area contributed by atoms with Gasteiger partial charge in [-0.05, 0) is 31.0 Å². The molecule has 0 amide bonds. The molecule has 0 radical (unpaired) electrons. The minimum absolute atomic E-state index is 0.241. The van der Waals surface area contributed by atoms with Gasteiger partial charge in [-0.1, -0.05) is 0 Å². The highest BCUT2D eigenvalue weighted by Gasteiger charge is 2.18. The molecule has 0 bridgehead atoms. The van der Waals surface area contributed by atoms with Crippen LogP contribution in [0.2, 0.25) is 0 Å². The Hall–Kier alpha value is -1.13. The van der Waals surface area contributed by atoms with Crippen LogP contribution in [-0.4, -0.2) is 22.8 Å². The minimum atomic E-state index is -0.241.